The second-order valence-corrected chi connectivity index (χ2v) is 8.58. The van der Waals surface area contributed by atoms with Gasteiger partial charge in [-0.25, -0.2) is 8.78 Å². The molecule has 5 rings (SSSR count). The average molecular weight is 469 g/mol. The maximum Gasteiger partial charge on any atom is 0.231 e. The summed E-state index contributed by atoms with van der Waals surface area (Å²) in [5, 5.41) is 6.42. The lowest BCUT2D eigenvalue weighted by molar-refractivity contribution is 0.122. The minimum absolute atomic E-state index is 0.258. The molecule has 1 unspecified atom stereocenters. The van der Waals surface area contributed by atoms with E-state index in [0.29, 0.717) is 54.1 Å². The third-order valence-electron chi connectivity index (χ3n) is 6.46. The zero-order chi connectivity index (χ0) is 23.9. The quantitative estimate of drug-likeness (QED) is 0.522. The highest BCUT2D eigenvalue weighted by molar-refractivity contribution is 5.73. The molecule has 1 aromatic heterocycles. The van der Waals surface area contributed by atoms with Crippen LogP contribution in [0.25, 0.3) is 0 Å². The van der Waals surface area contributed by atoms with E-state index < -0.39 is 17.0 Å². The molecule has 10 heteroatoms. The number of benzene rings is 2. The molecule has 1 saturated heterocycles. The van der Waals surface area contributed by atoms with Gasteiger partial charge in [-0.2, -0.15) is 9.97 Å². The predicted octanol–water partition coefficient (Wildman–Crippen LogP) is 3.66. The Morgan fingerprint density at radius 1 is 1.12 bits per heavy atom. The largest absolute Gasteiger partial charge is 0.494 e. The highest BCUT2D eigenvalue weighted by Gasteiger charge is 2.40. The molecule has 4 N–H and O–H groups in total. The summed E-state index contributed by atoms with van der Waals surface area (Å²) in [6.07, 6.45) is 0. The lowest BCUT2D eigenvalue weighted by atomic mass is 9.78. The molecule has 8 nitrogen and oxygen atoms in total. The van der Waals surface area contributed by atoms with Crippen molar-refractivity contribution in [1.82, 2.24) is 9.97 Å². The number of hydrogen-bond acceptors (Lipinski definition) is 8. The molecule has 1 atom stereocenters. The van der Waals surface area contributed by atoms with Gasteiger partial charge in [-0.05, 0) is 36.8 Å². The second kappa shape index (κ2) is 8.60. The third kappa shape index (κ3) is 3.83. The van der Waals surface area contributed by atoms with Crippen molar-refractivity contribution in [3.8, 4) is 5.75 Å². The molecular weight excluding hydrogens is 442 g/mol. The van der Waals surface area contributed by atoms with Crippen molar-refractivity contribution in [3.63, 3.8) is 0 Å². The maximum absolute atomic E-state index is 13.9. The van der Waals surface area contributed by atoms with Crippen LogP contribution in [-0.2, 0) is 10.2 Å². The average Bonchev–Trinajstić information content (AvgIpc) is 3.19. The summed E-state index contributed by atoms with van der Waals surface area (Å²) in [7, 11) is 1.61. The van der Waals surface area contributed by atoms with Gasteiger partial charge in [0.05, 0.1) is 26.0 Å². The van der Waals surface area contributed by atoms with Crippen LogP contribution >= 0.6 is 0 Å². The molecule has 0 spiro atoms. The third-order valence-corrected chi connectivity index (χ3v) is 6.46. The summed E-state index contributed by atoms with van der Waals surface area (Å²) < 4.78 is 38.4. The van der Waals surface area contributed by atoms with Crippen LogP contribution in [0.1, 0.15) is 18.1 Å². The normalized spacial score (nSPS) is 19.5. The van der Waals surface area contributed by atoms with Crippen molar-refractivity contribution in [2.24, 2.45) is 0 Å². The Bertz CT molecular complexity index is 1230. The van der Waals surface area contributed by atoms with Crippen LogP contribution in [0.15, 0.2) is 36.4 Å². The van der Waals surface area contributed by atoms with Gasteiger partial charge in [0, 0.05) is 42.4 Å². The summed E-state index contributed by atoms with van der Waals surface area (Å²) in [5.41, 5.74) is 8.63. The number of nitrogens with zero attached hydrogens (tertiary/aromatic N) is 3. The minimum atomic E-state index is -0.905. The Labute approximate surface area is 196 Å². The summed E-state index contributed by atoms with van der Waals surface area (Å²) in [4.78, 5) is 11.3. The molecule has 0 amide bonds. The lowest BCUT2D eigenvalue weighted by Gasteiger charge is -2.29. The lowest BCUT2D eigenvalue weighted by Crippen LogP contribution is -2.36. The molecule has 0 radical (unpaired) electrons. The minimum Gasteiger partial charge on any atom is -0.494 e. The van der Waals surface area contributed by atoms with Gasteiger partial charge in [0.2, 0.25) is 5.95 Å². The van der Waals surface area contributed by atoms with Crippen molar-refractivity contribution in [2.75, 3.05) is 61.2 Å². The van der Waals surface area contributed by atoms with Crippen molar-refractivity contribution in [2.45, 2.75) is 12.3 Å². The summed E-state index contributed by atoms with van der Waals surface area (Å²) >= 11 is 0. The molecule has 2 aromatic carbocycles. The Balaban J connectivity index is 1.44. The van der Waals surface area contributed by atoms with Gasteiger partial charge >= 0.3 is 0 Å². The molecule has 2 aliphatic heterocycles. The monoisotopic (exact) mass is 468 g/mol. The van der Waals surface area contributed by atoms with Gasteiger partial charge < -0.3 is 30.7 Å². The van der Waals surface area contributed by atoms with E-state index in [9.17, 15) is 8.78 Å². The first kappa shape index (κ1) is 22.1. The highest BCUT2D eigenvalue weighted by Crippen LogP contribution is 2.44. The zero-order valence-electron chi connectivity index (χ0n) is 19.0. The van der Waals surface area contributed by atoms with E-state index in [2.05, 4.69) is 25.5 Å². The van der Waals surface area contributed by atoms with Gasteiger partial charge in [0.15, 0.2) is 11.6 Å². The van der Waals surface area contributed by atoms with Crippen LogP contribution in [0, 0.1) is 11.6 Å². The number of nitrogens with one attached hydrogen (secondary N) is 2. The smallest absolute Gasteiger partial charge is 0.231 e. The number of aromatic nitrogens is 2. The first-order chi connectivity index (χ1) is 16.4. The van der Waals surface area contributed by atoms with Crippen LogP contribution < -0.4 is 26.0 Å². The first-order valence-electron chi connectivity index (χ1n) is 11.0. The summed E-state index contributed by atoms with van der Waals surface area (Å²) in [5.74, 6) is -0.0461. The Morgan fingerprint density at radius 3 is 2.65 bits per heavy atom. The van der Waals surface area contributed by atoms with Gasteiger partial charge in [0.1, 0.15) is 17.4 Å². The number of anilines is 5. The summed E-state index contributed by atoms with van der Waals surface area (Å²) in [6.45, 7) is 5.36. The van der Waals surface area contributed by atoms with E-state index in [4.69, 9.17) is 15.2 Å². The molecule has 34 heavy (non-hydrogen) atoms. The predicted molar refractivity (Wildman–Crippen MR) is 127 cm³/mol. The zero-order valence-corrected chi connectivity index (χ0v) is 19.0. The number of hydrogen-bond donors (Lipinski definition) is 3. The van der Waals surface area contributed by atoms with Gasteiger partial charge in [-0.1, -0.05) is 6.07 Å². The van der Waals surface area contributed by atoms with E-state index in [-0.39, 0.29) is 5.82 Å². The van der Waals surface area contributed by atoms with E-state index in [1.165, 1.54) is 6.07 Å². The van der Waals surface area contributed by atoms with Crippen LogP contribution in [0.2, 0.25) is 0 Å². The topological polar surface area (TPSA) is 97.6 Å². The van der Waals surface area contributed by atoms with Crippen molar-refractivity contribution in [1.29, 1.82) is 0 Å². The Hall–Kier alpha value is -3.66. The number of ether oxygens (including phenoxy) is 2. The SMILES string of the molecule is COc1cc(N2CCOCC2)ccc1Nc1nc(N)c2c(n1)NCC2(C)c1ccc(F)c(F)c1. The number of halogens is 2. The summed E-state index contributed by atoms with van der Waals surface area (Å²) in [6, 6.07) is 9.75. The fourth-order valence-electron chi connectivity index (χ4n) is 4.56. The van der Waals surface area contributed by atoms with Gasteiger partial charge in [-0.3, -0.25) is 0 Å². The number of methoxy groups -OCH3 is 1. The van der Waals surface area contributed by atoms with Gasteiger partial charge in [-0.15, -0.1) is 0 Å². The van der Waals surface area contributed by atoms with Crippen molar-refractivity contribution in [3.05, 3.63) is 59.2 Å². The molecule has 3 heterocycles. The standard InChI is InChI=1S/C24H26F2N6O2/c1-24(14-3-5-16(25)17(26)11-14)13-28-22-20(24)21(27)30-23(31-22)29-18-6-4-15(12-19(18)33-2)32-7-9-34-10-8-32/h3-6,11-12H,7-10,13H2,1-2H3,(H4,27,28,29,30,31). The van der Waals surface area contributed by atoms with Gasteiger partial charge in [0.25, 0.3) is 0 Å². The van der Waals surface area contributed by atoms with E-state index >= 15 is 0 Å². The van der Waals surface area contributed by atoms with Crippen molar-refractivity contribution < 1.29 is 18.3 Å². The van der Waals surface area contributed by atoms with Crippen LogP contribution in [0.5, 0.6) is 5.75 Å². The fraction of sp³-hybridized carbons (Fsp3) is 0.333. The second-order valence-electron chi connectivity index (χ2n) is 8.58. The van der Waals surface area contributed by atoms with Crippen LogP contribution in [0.3, 0.4) is 0 Å². The number of nitrogen functional groups attached to an aromatic ring is 1. The number of nitrogens with two attached hydrogens (primary N) is 1. The molecule has 3 aromatic rings. The highest BCUT2D eigenvalue weighted by atomic mass is 19.2. The van der Waals surface area contributed by atoms with Crippen LogP contribution in [-0.4, -0.2) is 49.9 Å². The number of fused-ring (bicyclic) bond motifs is 1. The molecule has 2 aliphatic rings. The van der Waals surface area contributed by atoms with E-state index in [0.717, 1.165) is 24.8 Å². The molecular formula is C24H26F2N6O2. The van der Waals surface area contributed by atoms with E-state index in [1.54, 1.807) is 13.2 Å². The molecule has 0 saturated carbocycles. The Kier molecular flexibility index (Phi) is 5.60. The first-order valence-corrected chi connectivity index (χ1v) is 11.0. The molecule has 0 bridgehead atoms. The van der Waals surface area contributed by atoms with Crippen LogP contribution in [0.4, 0.5) is 37.7 Å². The molecule has 178 valence electrons. The Morgan fingerprint density at radius 2 is 1.91 bits per heavy atom. The van der Waals surface area contributed by atoms with E-state index in [1.807, 2.05) is 25.1 Å². The maximum atomic E-state index is 13.9. The molecule has 1 fully saturated rings. The fourth-order valence-corrected chi connectivity index (χ4v) is 4.56. The number of morpholine rings is 1. The number of rotatable bonds is 5. The molecule has 0 aliphatic carbocycles. The van der Waals surface area contributed by atoms with Crippen molar-refractivity contribution >= 4 is 29.0 Å².